The van der Waals surface area contributed by atoms with Gasteiger partial charge in [0.25, 0.3) is 5.91 Å². The van der Waals surface area contributed by atoms with Crippen molar-refractivity contribution in [2.75, 3.05) is 24.6 Å². The zero-order valence-electron chi connectivity index (χ0n) is 17.3. The Morgan fingerprint density at radius 3 is 2.57 bits per heavy atom. The second kappa shape index (κ2) is 8.48. The van der Waals surface area contributed by atoms with E-state index in [1.165, 1.54) is 0 Å². The first kappa shape index (κ1) is 20.4. The van der Waals surface area contributed by atoms with Crippen molar-refractivity contribution < 1.29 is 19.4 Å². The van der Waals surface area contributed by atoms with Crippen molar-refractivity contribution >= 4 is 17.6 Å². The van der Waals surface area contributed by atoms with E-state index < -0.39 is 11.6 Å². The first-order valence-electron chi connectivity index (χ1n) is 10.5. The Kier molecular flexibility index (Phi) is 5.77. The first-order valence-corrected chi connectivity index (χ1v) is 10.5. The summed E-state index contributed by atoms with van der Waals surface area (Å²) >= 11 is 0. The lowest BCUT2D eigenvalue weighted by molar-refractivity contribution is -0.139. The molecule has 158 valence electrons. The minimum Gasteiger partial charge on any atom is -0.445 e. The number of hydrogen-bond donors (Lipinski definition) is 2. The van der Waals surface area contributed by atoms with Crippen molar-refractivity contribution in [3.8, 4) is 0 Å². The van der Waals surface area contributed by atoms with Crippen LogP contribution in [0.15, 0.2) is 48.5 Å². The Balaban J connectivity index is 1.35. The molecule has 0 saturated carbocycles. The highest BCUT2D eigenvalue weighted by Crippen LogP contribution is 2.28. The second-order valence-electron chi connectivity index (χ2n) is 8.42. The number of esters is 1. The number of carbonyl (C=O) groups is 2. The lowest BCUT2D eigenvalue weighted by Crippen LogP contribution is -2.51. The fraction of sp³-hybridized carbons (Fsp3) is 0.417. The van der Waals surface area contributed by atoms with Gasteiger partial charge in [-0.1, -0.05) is 30.3 Å². The van der Waals surface area contributed by atoms with Crippen molar-refractivity contribution in [1.29, 1.82) is 0 Å². The number of hydrogen-bond acceptors (Lipinski definition) is 5. The van der Waals surface area contributed by atoms with Crippen LogP contribution in [0.3, 0.4) is 0 Å². The third kappa shape index (κ3) is 4.19. The molecule has 1 amide bonds. The van der Waals surface area contributed by atoms with Crippen LogP contribution in [0, 0.1) is 5.92 Å². The highest BCUT2D eigenvalue weighted by Gasteiger charge is 2.42. The normalized spacial score (nSPS) is 21.7. The summed E-state index contributed by atoms with van der Waals surface area (Å²) in [5, 5.41) is 12.2. The summed E-state index contributed by atoms with van der Waals surface area (Å²) in [6, 6.07) is 15.4. The Hall–Kier alpha value is -2.86. The molecule has 2 aliphatic heterocycles. The number of fused-ring (bicyclic) bond motifs is 1. The van der Waals surface area contributed by atoms with Crippen LogP contribution < -0.4 is 10.2 Å². The molecular weight excluding hydrogens is 380 g/mol. The Morgan fingerprint density at radius 2 is 1.87 bits per heavy atom. The zero-order valence-corrected chi connectivity index (χ0v) is 17.3. The van der Waals surface area contributed by atoms with Crippen molar-refractivity contribution in [1.82, 2.24) is 5.32 Å². The van der Waals surface area contributed by atoms with Gasteiger partial charge in [0.15, 0.2) is 5.60 Å². The topological polar surface area (TPSA) is 78.9 Å². The third-order valence-corrected chi connectivity index (χ3v) is 6.19. The largest absolute Gasteiger partial charge is 0.445 e. The average molecular weight is 408 g/mol. The van der Waals surface area contributed by atoms with Crippen LogP contribution in [0.25, 0.3) is 0 Å². The SMILES string of the molecule is CC1(C(=O)NCc2ccc(N3CCC(CO)CC3)cc2)Cc2ccccc2C(=O)O1. The number of ether oxygens (including phenoxy) is 1. The lowest BCUT2D eigenvalue weighted by atomic mass is 9.89. The Morgan fingerprint density at radius 1 is 1.17 bits per heavy atom. The fourth-order valence-electron chi connectivity index (χ4n) is 4.23. The predicted octanol–water partition coefficient (Wildman–Crippen LogP) is 2.68. The molecule has 30 heavy (non-hydrogen) atoms. The van der Waals surface area contributed by atoms with Gasteiger partial charge in [0.2, 0.25) is 0 Å². The van der Waals surface area contributed by atoms with Gasteiger partial charge in [-0.15, -0.1) is 0 Å². The number of cyclic esters (lactones) is 1. The smallest absolute Gasteiger partial charge is 0.339 e. The number of aliphatic hydroxyl groups is 1. The number of benzene rings is 2. The van der Waals surface area contributed by atoms with Crippen LogP contribution in [0.1, 0.15) is 41.3 Å². The molecule has 1 fully saturated rings. The molecule has 0 aromatic heterocycles. The van der Waals surface area contributed by atoms with E-state index in [4.69, 9.17) is 4.74 Å². The molecule has 2 aromatic rings. The van der Waals surface area contributed by atoms with Crippen LogP contribution in [0.4, 0.5) is 5.69 Å². The summed E-state index contributed by atoms with van der Waals surface area (Å²) in [6.07, 6.45) is 2.38. The van der Waals surface area contributed by atoms with Crippen LogP contribution >= 0.6 is 0 Å². The number of rotatable bonds is 5. The van der Waals surface area contributed by atoms with Crippen LogP contribution in [0.2, 0.25) is 0 Å². The molecule has 2 N–H and O–H groups in total. The number of anilines is 1. The van der Waals surface area contributed by atoms with E-state index in [-0.39, 0.29) is 12.5 Å². The molecule has 2 heterocycles. The molecule has 1 unspecified atom stereocenters. The summed E-state index contributed by atoms with van der Waals surface area (Å²) in [4.78, 5) is 27.4. The number of nitrogens with one attached hydrogen (secondary N) is 1. The predicted molar refractivity (Wildman–Crippen MR) is 114 cm³/mol. The molecule has 0 bridgehead atoms. The second-order valence-corrected chi connectivity index (χ2v) is 8.42. The van der Waals surface area contributed by atoms with Crippen molar-refractivity contribution in [2.24, 2.45) is 5.92 Å². The van der Waals surface area contributed by atoms with Gasteiger partial charge in [-0.25, -0.2) is 4.79 Å². The number of piperidine rings is 1. The van der Waals surface area contributed by atoms with Crippen LogP contribution in [0.5, 0.6) is 0 Å². The van der Waals surface area contributed by atoms with Gasteiger partial charge in [0, 0.05) is 38.3 Å². The minimum atomic E-state index is -1.21. The standard InChI is InChI=1S/C24H28N2O4/c1-24(14-19-4-2-3-5-21(19)22(28)30-24)23(29)25-15-17-6-8-20(9-7-17)26-12-10-18(16-27)11-13-26/h2-9,18,27H,10-16H2,1H3,(H,25,29). The molecule has 2 aliphatic rings. The lowest BCUT2D eigenvalue weighted by Gasteiger charge is -2.33. The monoisotopic (exact) mass is 408 g/mol. The molecule has 1 atom stereocenters. The molecule has 1 saturated heterocycles. The summed E-state index contributed by atoms with van der Waals surface area (Å²) < 4.78 is 5.49. The number of amides is 1. The van der Waals surface area contributed by atoms with Crippen molar-refractivity contribution in [3.63, 3.8) is 0 Å². The Bertz CT molecular complexity index is 919. The quantitative estimate of drug-likeness (QED) is 0.744. The van der Waals surface area contributed by atoms with E-state index in [1.807, 2.05) is 24.3 Å². The van der Waals surface area contributed by atoms with Crippen LogP contribution in [-0.2, 0) is 22.5 Å². The maximum absolute atomic E-state index is 12.8. The zero-order chi connectivity index (χ0) is 21.1. The van der Waals surface area contributed by atoms with Gasteiger partial charge in [-0.05, 0) is 55.0 Å². The number of nitrogens with zero attached hydrogens (tertiary/aromatic N) is 1. The fourth-order valence-corrected chi connectivity index (χ4v) is 4.23. The van der Waals surface area contributed by atoms with Gasteiger partial charge in [-0.3, -0.25) is 4.79 Å². The van der Waals surface area contributed by atoms with Gasteiger partial charge in [0.05, 0.1) is 5.56 Å². The van der Waals surface area contributed by atoms with Crippen molar-refractivity contribution in [3.05, 3.63) is 65.2 Å². The first-order chi connectivity index (χ1) is 14.5. The van der Waals surface area contributed by atoms with Crippen molar-refractivity contribution in [2.45, 2.75) is 38.3 Å². The average Bonchev–Trinajstić information content (AvgIpc) is 2.78. The van der Waals surface area contributed by atoms with Gasteiger partial charge >= 0.3 is 5.97 Å². The van der Waals surface area contributed by atoms with E-state index >= 15 is 0 Å². The molecule has 0 aliphatic carbocycles. The minimum absolute atomic E-state index is 0.270. The Labute approximate surface area is 176 Å². The van der Waals surface area contributed by atoms with E-state index in [0.29, 0.717) is 24.4 Å². The highest BCUT2D eigenvalue weighted by atomic mass is 16.6. The highest BCUT2D eigenvalue weighted by molar-refractivity contribution is 5.97. The molecule has 0 spiro atoms. The number of aliphatic hydroxyl groups excluding tert-OH is 1. The maximum atomic E-state index is 12.8. The van der Waals surface area contributed by atoms with Gasteiger partial charge < -0.3 is 20.1 Å². The summed E-state index contributed by atoms with van der Waals surface area (Å²) in [6.45, 7) is 4.21. The van der Waals surface area contributed by atoms with Crippen LogP contribution in [-0.4, -0.2) is 42.3 Å². The van der Waals surface area contributed by atoms with Gasteiger partial charge in [-0.2, -0.15) is 0 Å². The van der Waals surface area contributed by atoms with E-state index in [2.05, 4.69) is 22.3 Å². The van der Waals surface area contributed by atoms with E-state index in [1.54, 1.807) is 19.1 Å². The molecule has 0 radical (unpaired) electrons. The number of carbonyl (C=O) groups excluding carboxylic acids is 2. The molecule has 2 aromatic carbocycles. The third-order valence-electron chi connectivity index (χ3n) is 6.19. The van der Waals surface area contributed by atoms with Gasteiger partial charge in [0.1, 0.15) is 0 Å². The maximum Gasteiger partial charge on any atom is 0.339 e. The summed E-state index contributed by atoms with van der Waals surface area (Å²) in [7, 11) is 0. The van der Waals surface area contributed by atoms with E-state index in [0.717, 1.165) is 42.7 Å². The summed E-state index contributed by atoms with van der Waals surface area (Å²) in [5.41, 5.74) is 2.31. The van der Waals surface area contributed by atoms with E-state index in [9.17, 15) is 14.7 Å². The summed E-state index contributed by atoms with van der Waals surface area (Å²) in [5.74, 6) is -0.331. The molecule has 4 rings (SSSR count). The molecule has 6 nitrogen and oxygen atoms in total. The molecular formula is C24H28N2O4. The molecule has 6 heteroatoms.